The number of anilines is 1. The minimum absolute atomic E-state index is 0.0926. The number of amides is 1. The number of hydrogen-bond donors (Lipinski definition) is 1. The van der Waals surface area contributed by atoms with Crippen LogP contribution in [0.1, 0.15) is 5.56 Å². The van der Waals surface area contributed by atoms with Crippen molar-refractivity contribution < 1.29 is 19.0 Å². The Hall–Kier alpha value is -2.69. The van der Waals surface area contributed by atoms with E-state index in [0.29, 0.717) is 17.2 Å². The highest BCUT2D eigenvalue weighted by Gasteiger charge is 2.07. The normalized spacial score (nSPS) is 9.95. The van der Waals surface area contributed by atoms with E-state index in [1.165, 1.54) is 0 Å². The molecule has 0 unspecified atom stereocenters. The maximum Gasteiger partial charge on any atom is 0.262 e. The van der Waals surface area contributed by atoms with E-state index >= 15 is 0 Å². The van der Waals surface area contributed by atoms with Gasteiger partial charge in [-0.15, -0.1) is 0 Å². The highest BCUT2D eigenvalue weighted by atomic mass is 16.5. The van der Waals surface area contributed by atoms with E-state index in [-0.39, 0.29) is 12.5 Å². The highest BCUT2D eigenvalue weighted by molar-refractivity contribution is 5.92. The SMILES string of the molecule is COc1cc(OC)cc(OCC(=O)Nc2ccccc2C)c1. The van der Waals surface area contributed by atoms with E-state index in [4.69, 9.17) is 14.2 Å². The molecule has 22 heavy (non-hydrogen) atoms. The van der Waals surface area contributed by atoms with Gasteiger partial charge in [-0.1, -0.05) is 18.2 Å². The highest BCUT2D eigenvalue weighted by Crippen LogP contribution is 2.27. The molecule has 0 bridgehead atoms. The lowest BCUT2D eigenvalue weighted by Crippen LogP contribution is -2.20. The van der Waals surface area contributed by atoms with Gasteiger partial charge in [0.05, 0.1) is 14.2 Å². The first-order chi connectivity index (χ1) is 10.6. The summed E-state index contributed by atoms with van der Waals surface area (Å²) in [5.74, 6) is 1.49. The summed E-state index contributed by atoms with van der Waals surface area (Å²) in [6, 6.07) is 12.7. The zero-order valence-electron chi connectivity index (χ0n) is 12.9. The molecule has 2 rings (SSSR count). The van der Waals surface area contributed by atoms with Crippen molar-refractivity contribution in [1.29, 1.82) is 0 Å². The van der Waals surface area contributed by atoms with Gasteiger partial charge in [-0.3, -0.25) is 4.79 Å². The molecular formula is C17H19NO4. The van der Waals surface area contributed by atoms with Crippen molar-refractivity contribution in [3.8, 4) is 17.2 Å². The van der Waals surface area contributed by atoms with Crippen LogP contribution in [0.2, 0.25) is 0 Å². The summed E-state index contributed by atoms with van der Waals surface area (Å²) in [7, 11) is 3.12. The van der Waals surface area contributed by atoms with Crippen LogP contribution in [0.15, 0.2) is 42.5 Å². The van der Waals surface area contributed by atoms with Crippen molar-refractivity contribution in [2.45, 2.75) is 6.92 Å². The molecule has 2 aromatic rings. The van der Waals surface area contributed by atoms with Gasteiger partial charge in [0.2, 0.25) is 0 Å². The molecule has 116 valence electrons. The van der Waals surface area contributed by atoms with Gasteiger partial charge in [0.25, 0.3) is 5.91 Å². The van der Waals surface area contributed by atoms with E-state index in [0.717, 1.165) is 11.3 Å². The smallest absolute Gasteiger partial charge is 0.262 e. The number of methoxy groups -OCH3 is 2. The Morgan fingerprint density at radius 1 is 1.00 bits per heavy atom. The fourth-order valence-corrected chi connectivity index (χ4v) is 1.91. The van der Waals surface area contributed by atoms with E-state index < -0.39 is 0 Å². The second kappa shape index (κ2) is 7.36. The van der Waals surface area contributed by atoms with Crippen LogP contribution in [-0.2, 0) is 4.79 Å². The van der Waals surface area contributed by atoms with Gasteiger partial charge in [0.1, 0.15) is 17.2 Å². The van der Waals surface area contributed by atoms with Crippen molar-refractivity contribution in [1.82, 2.24) is 0 Å². The number of para-hydroxylation sites is 1. The Kier molecular flexibility index (Phi) is 5.25. The molecule has 0 fully saturated rings. The molecule has 0 saturated carbocycles. The molecule has 0 radical (unpaired) electrons. The van der Waals surface area contributed by atoms with Gasteiger partial charge in [-0.25, -0.2) is 0 Å². The maximum absolute atomic E-state index is 11.9. The van der Waals surface area contributed by atoms with Gasteiger partial charge in [-0.05, 0) is 18.6 Å². The second-order valence-corrected chi connectivity index (χ2v) is 4.70. The molecule has 0 spiro atoms. The van der Waals surface area contributed by atoms with Gasteiger partial charge in [-0.2, -0.15) is 0 Å². The summed E-state index contributed by atoms with van der Waals surface area (Å²) in [5, 5.41) is 2.81. The molecule has 5 heteroatoms. The zero-order valence-corrected chi connectivity index (χ0v) is 12.9. The standard InChI is InChI=1S/C17H19NO4/c1-12-6-4-5-7-16(12)18-17(19)11-22-15-9-13(20-2)8-14(10-15)21-3/h4-10H,11H2,1-3H3,(H,18,19). The molecule has 5 nitrogen and oxygen atoms in total. The molecule has 0 aliphatic rings. The predicted molar refractivity (Wildman–Crippen MR) is 84.8 cm³/mol. The summed E-state index contributed by atoms with van der Waals surface area (Å²) in [5.41, 5.74) is 1.78. The van der Waals surface area contributed by atoms with Crippen molar-refractivity contribution >= 4 is 11.6 Å². The summed E-state index contributed by atoms with van der Waals surface area (Å²) < 4.78 is 15.8. The molecule has 0 saturated heterocycles. The number of hydrogen-bond acceptors (Lipinski definition) is 4. The van der Waals surface area contributed by atoms with Crippen LogP contribution in [0.25, 0.3) is 0 Å². The average Bonchev–Trinajstić information content (AvgIpc) is 2.54. The molecule has 0 atom stereocenters. The fourth-order valence-electron chi connectivity index (χ4n) is 1.91. The Morgan fingerprint density at radius 3 is 2.18 bits per heavy atom. The largest absolute Gasteiger partial charge is 0.496 e. The van der Waals surface area contributed by atoms with E-state index in [1.807, 2.05) is 31.2 Å². The number of rotatable bonds is 6. The zero-order chi connectivity index (χ0) is 15.9. The number of carbonyl (C=O) groups is 1. The average molecular weight is 301 g/mol. The number of ether oxygens (including phenoxy) is 3. The molecular weight excluding hydrogens is 282 g/mol. The van der Waals surface area contributed by atoms with Crippen molar-refractivity contribution in [3.63, 3.8) is 0 Å². The Bertz CT molecular complexity index is 633. The fraction of sp³-hybridized carbons (Fsp3) is 0.235. The van der Waals surface area contributed by atoms with Gasteiger partial charge < -0.3 is 19.5 Å². The second-order valence-electron chi connectivity index (χ2n) is 4.70. The lowest BCUT2D eigenvalue weighted by molar-refractivity contribution is -0.118. The van der Waals surface area contributed by atoms with Gasteiger partial charge in [0.15, 0.2) is 6.61 Å². The molecule has 1 amide bonds. The predicted octanol–water partition coefficient (Wildman–Crippen LogP) is 3.03. The Labute approximate surface area is 129 Å². The lowest BCUT2D eigenvalue weighted by Gasteiger charge is -2.11. The first kappa shape index (κ1) is 15.7. The van der Waals surface area contributed by atoms with Crippen LogP contribution in [0.3, 0.4) is 0 Å². The van der Waals surface area contributed by atoms with Crippen molar-refractivity contribution in [3.05, 3.63) is 48.0 Å². The number of nitrogens with one attached hydrogen (secondary N) is 1. The minimum Gasteiger partial charge on any atom is -0.496 e. The lowest BCUT2D eigenvalue weighted by atomic mass is 10.2. The van der Waals surface area contributed by atoms with Crippen LogP contribution in [0, 0.1) is 6.92 Å². The first-order valence-corrected chi connectivity index (χ1v) is 6.83. The molecule has 0 aromatic heterocycles. The number of carbonyl (C=O) groups excluding carboxylic acids is 1. The summed E-state index contributed by atoms with van der Waals surface area (Å²) >= 11 is 0. The maximum atomic E-state index is 11.9. The molecule has 2 aromatic carbocycles. The topological polar surface area (TPSA) is 56.8 Å². The Morgan fingerprint density at radius 2 is 1.59 bits per heavy atom. The van der Waals surface area contributed by atoms with Crippen LogP contribution in [0.4, 0.5) is 5.69 Å². The van der Waals surface area contributed by atoms with Gasteiger partial charge in [0, 0.05) is 23.9 Å². The molecule has 0 heterocycles. The monoisotopic (exact) mass is 301 g/mol. The third-order valence-corrected chi connectivity index (χ3v) is 3.11. The molecule has 0 aliphatic heterocycles. The van der Waals surface area contributed by atoms with E-state index in [2.05, 4.69) is 5.32 Å². The van der Waals surface area contributed by atoms with Crippen LogP contribution in [-0.4, -0.2) is 26.7 Å². The van der Waals surface area contributed by atoms with Crippen molar-refractivity contribution in [2.24, 2.45) is 0 Å². The van der Waals surface area contributed by atoms with Gasteiger partial charge >= 0.3 is 0 Å². The number of aryl methyl sites for hydroxylation is 1. The summed E-state index contributed by atoms with van der Waals surface area (Å²) in [6.45, 7) is 1.84. The quantitative estimate of drug-likeness (QED) is 0.891. The van der Waals surface area contributed by atoms with Crippen molar-refractivity contribution in [2.75, 3.05) is 26.1 Å². The third kappa shape index (κ3) is 4.15. The van der Waals surface area contributed by atoms with E-state index in [1.54, 1.807) is 32.4 Å². The molecule has 0 aliphatic carbocycles. The number of benzene rings is 2. The van der Waals surface area contributed by atoms with Crippen LogP contribution in [0.5, 0.6) is 17.2 Å². The molecule has 1 N–H and O–H groups in total. The summed E-state index contributed by atoms with van der Waals surface area (Å²) in [6.07, 6.45) is 0. The first-order valence-electron chi connectivity index (χ1n) is 6.83. The third-order valence-electron chi connectivity index (χ3n) is 3.11. The minimum atomic E-state index is -0.226. The van der Waals surface area contributed by atoms with Crippen LogP contribution >= 0.6 is 0 Å². The van der Waals surface area contributed by atoms with E-state index in [9.17, 15) is 4.79 Å². The van der Waals surface area contributed by atoms with Crippen LogP contribution < -0.4 is 19.5 Å². The summed E-state index contributed by atoms with van der Waals surface area (Å²) in [4.78, 5) is 11.9. The Balaban J connectivity index is 1.98.